The lowest BCUT2D eigenvalue weighted by Crippen LogP contribution is -2.77. The summed E-state index contributed by atoms with van der Waals surface area (Å²) in [6.45, 7) is 0. The molecule has 0 radical (unpaired) electrons. The maximum Gasteiger partial charge on any atom is 0.281 e. The van der Waals surface area contributed by atoms with Crippen LogP contribution in [0.1, 0.15) is 6.42 Å². The summed E-state index contributed by atoms with van der Waals surface area (Å²) >= 11 is 0. The minimum absolute atomic E-state index is 0.347. The van der Waals surface area contributed by atoms with Crippen LogP contribution in [0.5, 0.6) is 0 Å². The Hall–Kier alpha value is -0.730. The molecule has 0 heterocycles. The van der Waals surface area contributed by atoms with E-state index in [0.29, 0.717) is 0 Å². The molecule has 5 heteroatoms. The van der Waals surface area contributed by atoms with Gasteiger partial charge in [-0.3, -0.25) is 9.80 Å². The summed E-state index contributed by atoms with van der Waals surface area (Å²) in [5, 5.41) is 8.81. The third kappa shape index (κ3) is 1.07. The molecular weight excluding hydrogens is 188 g/mol. The number of alkyl halides is 2. The van der Waals surface area contributed by atoms with Gasteiger partial charge in [-0.25, -0.2) is 8.78 Å². The fraction of sp³-hybridized carbons (Fsp3) is 0.889. The molecule has 1 aliphatic rings. The Kier molecular flexibility index (Phi) is 2.55. The molecule has 0 N–H and O–H groups in total. The molecule has 1 atom stereocenters. The Morgan fingerprint density at radius 1 is 1.21 bits per heavy atom. The van der Waals surface area contributed by atoms with Crippen LogP contribution in [0.25, 0.3) is 0 Å². The summed E-state index contributed by atoms with van der Waals surface area (Å²) in [4.78, 5) is 2.87. The van der Waals surface area contributed by atoms with E-state index in [1.54, 1.807) is 28.2 Å². The predicted octanol–water partition coefficient (Wildman–Crippen LogP) is 0.985. The van der Waals surface area contributed by atoms with Gasteiger partial charge in [-0.2, -0.15) is 5.26 Å². The molecule has 3 nitrogen and oxygen atoms in total. The highest BCUT2D eigenvalue weighted by Crippen LogP contribution is 2.54. The summed E-state index contributed by atoms with van der Waals surface area (Å²) in [6, 6.07) is 1.95. The second-order valence-electron chi connectivity index (χ2n) is 4.11. The highest BCUT2D eigenvalue weighted by atomic mass is 19.3. The monoisotopic (exact) mass is 203 g/mol. The van der Waals surface area contributed by atoms with Crippen LogP contribution in [-0.2, 0) is 0 Å². The van der Waals surface area contributed by atoms with E-state index in [4.69, 9.17) is 5.26 Å². The van der Waals surface area contributed by atoms with E-state index in [0.717, 1.165) is 0 Å². The lowest BCUT2D eigenvalue weighted by molar-refractivity contribution is -0.284. The Bertz CT molecular complexity index is 260. The number of nitrogens with zero attached hydrogens (tertiary/aromatic N) is 3. The van der Waals surface area contributed by atoms with Gasteiger partial charge in [-0.1, -0.05) is 0 Å². The lowest BCUT2D eigenvalue weighted by Gasteiger charge is -2.59. The molecule has 0 aromatic heterocycles. The molecule has 0 aliphatic heterocycles. The van der Waals surface area contributed by atoms with Crippen LogP contribution in [-0.4, -0.2) is 49.6 Å². The van der Waals surface area contributed by atoms with E-state index in [2.05, 4.69) is 0 Å². The van der Waals surface area contributed by atoms with Crippen LogP contribution in [0.15, 0.2) is 0 Å². The van der Waals surface area contributed by atoms with Crippen LogP contribution in [0, 0.1) is 17.2 Å². The summed E-state index contributed by atoms with van der Waals surface area (Å²) in [7, 11) is 6.32. The van der Waals surface area contributed by atoms with E-state index >= 15 is 0 Å². The van der Waals surface area contributed by atoms with Crippen LogP contribution >= 0.6 is 0 Å². The van der Waals surface area contributed by atoms with Gasteiger partial charge in [-0.05, 0) is 28.2 Å². The first-order valence-corrected chi connectivity index (χ1v) is 4.43. The molecule has 14 heavy (non-hydrogen) atoms. The zero-order chi connectivity index (χ0) is 11.1. The smallest absolute Gasteiger partial charge is 0.281 e. The summed E-state index contributed by atoms with van der Waals surface area (Å²) in [5.74, 6) is -3.46. The summed E-state index contributed by atoms with van der Waals surface area (Å²) < 4.78 is 27.1. The van der Waals surface area contributed by atoms with E-state index in [1.807, 2.05) is 6.07 Å². The molecule has 1 fully saturated rings. The van der Waals surface area contributed by atoms with Crippen molar-refractivity contribution in [3.63, 3.8) is 0 Å². The average Bonchev–Trinajstić information content (AvgIpc) is 1.98. The van der Waals surface area contributed by atoms with E-state index < -0.39 is 17.5 Å². The maximum absolute atomic E-state index is 13.6. The third-order valence-electron chi connectivity index (χ3n) is 3.00. The van der Waals surface area contributed by atoms with E-state index in [9.17, 15) is 8.78 Å². The zero-order valence-corrected chi connectivity index (χ0v) is 8.88. The minimum Gasteiger partial charge on any atom is -0.285 e. The quantitative estimate of drug-likeness (QED) is 0.627. The fourth-order valence-electron chi connectivity index (χ4n) is 2.49. The fourth-order valence-corrected chi connectivity index (χ4v) is 2.49. The third-order valence-corrected chi connectivity index (χ3v) is 3.00. The largest absolute Gasteiger partial charge is 0.285 e. The molecule has 0 bridgehead atoms. The van der Waals surface area contributed by atoms with E-state index in [-0.39, 0.29) is 6.42 Å². The van der Waals surface area contributed by atoms with E-state index in [1.165, 1.54) is 9.80 Å². The topological polar surface area (TPSA) is 30.3 Å². The second kappa shape index (κ2) is 3.14. The van der Waals surface area contributed by atoms with Gasteiger partial charge in [0.1, 0.15) is 0 Å². The van der Waals surface area contributed by atoms with Crippen LogP contribution in [0.2, 0.25) is 0 Å². The average molecular weight is 203 g/mol. The molecule has 1 unspecified atom stereocenters. The van der Waals surface area contributed by atoms with Gasteiger partial charge in [0.25, 0.3) is 5.92 Å². The van der Waals surface area contributed by atoms with Crippen molar-refractivity contribution in [1.82, 2.24) is 9.80 Å². The Labute approximate surface area is 82.9 Å². The molecule has 0 aromatic rings. The molecule has 0 saturated heterocycles. The summed E-state index contributed by atoms with van der Waals surface area (Å²) in [5.41, 5.74) is -1.44. The highest BCUT2D eigenvalue weighted by Gasteiger charge is 2.71. The predicted molar refractivity (Wildman–Crippen MR) is 48.8 cm³/mol. The Morgan fingerprint density at radius 2 is 1.64 bits per heavy atom. The van der Waals surface area contributed by atoms with Crippen LogP contribution in [0.3, 0.4) is 0 Å². The normalized spacial score (nSPS) is 28.6. The maximum atomic E-state index is 13.6. The molecule has 1 aliphatic carbocycles. The Balaban J connectivity index is 3.12. The SMILES string of the molecule is CN(C)C1(N(C)C)C(C#N)CC1(F)F. The van der Waals surface area contributed by atoms with Crippen molar-refractivity contribution in [2.24, 2.45) is 5.92 Å². The van der Waals surface area contributed by atoms with Crippen molar-refractivity contribution in [3.8, 4) is 6.07 Å². The number of hydrogen-bond acceptors (Lipinski definition) is 3. The van der Waals surface area contributed by atoms with Crippen molar-refractivity contribution in [3.05, 3.63) is 0 Å². The van der Waals surface area contributed by atoms with Crippen molar-refractivity contribution in [2.45, 2.75) is 18.0 Å². The van der Waals surface area contributed by atoms with Gasteiger partial charge in [0.15, 0.2) is 5.66 Å². The van der Waals surface area contributed by atoms with Crippen molar-refractivity contribution in [2.75, 3.05) is 28.2 Å². The van der Waals surface area contributed by atoms with Crippen molar-refractivity contribution in [1.29, 1.82) is 5.26 Å². The molecule has 0 aromatic carbocycles. The first-order chi connectivity index (χ1) is 6.30. The number of halogens is 2. The molecule has 1 saturated carbocycles. The molecule has 0 spiro atoms. The number of nitriles is 1. The molecule has 1 rings (SSSR count). The second-order valence-corrected chi connectivity index (χ2v) is 4.11. The van der Waals surface area contributed by atoms with Gasteiger partial charge in [0.2, 0.25) is 0 Å². The first-order valence-electron chi connectivity index (χ1n) is 4.43. The van der Waals surface area contributed by atoms with Gasteiger partial charge in [-0.15, -0.1) is 0 Å². The van der Waals surface area contributed by atoms with Crippen molar-refractivity contribution < 1.29 is 8.78 Å². The number of hydrogen-bond donors (Lipinski definition) is 0. The standard InChI is InChI=1S/C9H15F2N3/c1-13(2)9(14(3)4)7(6-12)5-8(9,10)11/h7H,5H2,1-4H3. The number of rotatable bonds is 2. The molecule has 80 valence electrons. The van der Waals surface area contributed by atoms with Gasteiger partial charge >= 0.3 is 0 Å². The van der Waals surface area contributed by atoms with Crippen molar-refractivity contribution >= 4 is 0 Å². The minimum atomic E-state index is -2.82. The lowest BCUT2D eigenvalue weighted by atomic mass is 9.68. The van der Waals surface area contributed by atoms with Gasteiger partial charge in [0, 0.05) is 6.42 Å². The zero-order valence-electron chi connectivity index (χ0n) is 8.88. The summed E-state index contributed by atoms with van der Waals surface area (Å²) in [6.07, 6.45) is -0.347. The Morgan fingerprint density at radius 3 is 1.79 bits per heavy atom. The molecular formula is C9H15F2N3. The highest BCUT2D eigenvalue weighted by molar-refractivity contribution is 5.19. The van der Waals surface area contributed by atoms with Crippen LogP contribution in [0.4, 0.5) is 8.78 Å². The molecule has 0 amide bonds. The van der Waals surface area contributed by atoms with Gasteiger partial charge < -0.3 is 0 Å². The first kappa shape index (κ1) is 11.3. The van der Waals surface area contributed by atoms with Crippen LogP contribution < -0.4 is 0 Å². The van der Waals surface area contributed by atoms with Gasteiger partial charge in [0.05, 0.1) is 12.0 Å².